The van der Waals surface area contributed by atoms with Crippen LogP contribution in [-0.2, 0) is 4.79 Å². The number of hydrogen-bond acceptors (Lipinski definition) is 4. The Hall–Kier alpha value is -0.650. The summed E-state index contributed by atoms with van der Waals surface area (Å²) in [5.41, 5.74) is 0. The van der Waals surface area contributed by atoms with Gasteiger partial charge in [0.1, 0.15) is 0 Å². The molecule has 5 nitrogen and oxygen atoms in total. The molecule has 2 N–H and O–H groups in total. The molecule has 0 aromatic carbocycles. The van der Waals surface area contributed by atoms with Crippen LogP contribution in [0.25, 0.3) is 0 Å². The zero-order chi connectivity index (χ0) is 10.8. The molecule has 1 amide bonds. The molecule has 5 heteroatoms. The molecule has 0 aromatic heterocycles. The van der Waals surface area contributed by atoms with Crippen LogP contribution in [0.2, 0.25) is 0 Å². The summed E-state index contributed by atoms with van der Waals surface area (Å²) in [6.07, 6.45) is 0.206. The Morgan fingerprint density at radius 2 is 2.00 bits per heavy atom. The van der Waals surface area contributed by atoms with E-state index in [4.69, 9.17) is 0 Å². The third-order valence-corrected chi connectivity index (χ3v) is 3.22. The van der Waals surface area contributed by atoms with Crippen LogP contribution in [0.5, 0.6) is 0 Å². The van der Waals surface area contributed by atoms with Crippen molar-refractivity contribution in [1.29, 1.82) is 0 Å². The summed E-state index contributed by atoms with van der Waals surface area (Å²) >= 11 is 0. The molecule has 2 aliphatic heterocycles. The number of nitrogens with one attached hydrogen (secondary N) is 1. The number of amides is 1. The highest BCUT2D eigenvalue weighted by Gasteiger charge is 2.32. The van der Waals surface area contributed by atoms with Gasteiger partial charge in [0, 0.05) is 32.7 Å². The first-order valence-electron chi connectivity index (χ1n) is 5.55. The molecule has 0 bridgehead atoms. The standard InChI is InChI=1S/C10H19N3O2/c1-12-2-4-13(5-3-12)10(15)9-6-8(14)7-11-9/h8-9,11,14H,2-7H2,1H3. The van der Waals surface area contributed by atoms with Gasteiger partial charge in [-0.15, -0.1) is 0 Å². The van der Waals surface area contributed by atoms with Crippen molar-refractivity contribution >= 4 is 5.91 Å². The Morgan fingerprint density at radius 1 is 1.33 bits per heavy atom. The van der Waals surface area contributed by atoms with E-state index in [2.05, 4.69) is 17.3 Å². The fourth-order valence-electron chi connectivity index (χ4n) is 2.15. The molecule has 2 saturated heterocycles. The van der Waals surface area contributed by atoms with Crippen molar-refractivity contribution in [1.82, 2.24) is 15.1 Å². The fourth-order valence-corrected chi connectivity index (χ4v) is 2.15. The smallest absolute Gasteiger partial charge is 0.239 e. The molecule has 0 spiro atoms. The summed E-state index contributed by atoms with van der Waals surface area (Å²) < 4.78 is 0. The SMILES string of the molecule is CN1CCN(C(=O)C2CC(O)CN2)CC1. The quantitative estimate of drug-likeness (QED) is 0.556. The van der Waals surface area contributed by atoms with Gasteiger partial charge in [0.15, 0.2) is 0 Å². The van der Waals surface area contributed by atoms with Gasteiger partial charge in [-0.1, -0.05) is 0 Å². The molecule has 2 unspecified atom stereocenters. The van der Waals surface area contributed by atoms with Crippen molar-refractivity contribution in [2.45, 2.75) is 18.6 Å². The third kappa shape index (κ3) is 2.48. The van der Waals surface area contributed by atoms with Crippen LogP contribution in [-0.4, -0.2) is 72.7 Å². The molecule has 0 saturated carbocycles. The fraction of sp³-hybridized carbons (Fsp3) is 0.900. The number of β-amino-alcohol motifs (C(OH)–C–C–N with tert-alkyl or cyclic N) is 1. The Labute approximate surface area is 90.0 Å². The van der Waals surface area contributed by atoms with Crippen molar-refractivity contribution in [3.05, 3.63) is 0 Å². The zero-order valence-electron chi connectivity index (χ0n) is 9.15. The maximum absolute atomic E-state index is 12.0. The topological polar surface area (TPSA) is 55.8 Å². The van der Waals surface area contributed by atoms with Gasteiger partial charge in [-0.3, -0.25) is 4.79 Å². The Kier molecular flexibility index (Phi) is 3.23. The lowest BCUT2D eigenvalue weighted by molar-refractivity contribution is -0.134. The summed E-state index contributed by atoms with van der Waals surface area (Å²) in [6.45, 7) is 4.05. The van der Waals surface area contributed by atoms with Gasteiger partial charge in [-0.05, 0) is 13.5 Å². The molecular formula is C10H19N3O2. The molecule has 0 radical (unpaired) electrons. The molecule has 0 aromatic rings. The van der Waals surface area contributed by atoms with E-state index in [1.807, 2.05) is 4.90 Å². The van der Waals surface area contributed by atoms with E-state index in [-0.39, 0.29) is 18.1 Å². The second-order valence-corrected chi connectivity index (χ2v) is 4.48. The molecule has 2 heterocycles. The lowest BCUT2D eigenvalue weighted by atomic mass is 10.1. The van der Waals surface area contributed by atoms with E-state index in [9.17, 15) is 9.90 Å². The summed E-state index contributed by atoms with van der Waals surface area (Å²) in [5.74, 6) is 0.152. The van der Waals surface area contributed by atoms with Crippen LogP contribution >= 0.6 is 0 Å². The molecule has 2 atom stereocenters. The molecule has 86 valence electrons. The average molecular weight is 213 g/mol. The Bertz CT molecular complexity index is 239. The highest BCUT2D eigenvalue weighted by atomic mass is 16.3. The Balaban J connectivity index is 1.85. The van der Waals surface area contributed by atoms with Gasteiger partial charge in [0.05, 0.1) is 12.1 Å². The maximum Gasteiger partial charge on any atom is 0.239 e. The first-order chi connectivity index (χ1) is 7.16. The zero-order valence-corrected chi connectivity index (χ0v) is 9.15. The molecule has 2 aliphatic rings. The van der Waals surface area contributed by atoms with Gasteiger partial charge < -0.3 is 20.2 Å². The normalized spacial score (nSPS) is 33.3. The van der Waals surface area contributed by atoms with E-state index in [0.29, 0.717) is 13.0 Å². The molecule has 15 heavy (non-hydrogen) atoms. The number of piperazine rings is 1. The van der Waals surface area contributed by atoms with E-state index in [1.54, 1.807) is 0 Å². The number of carbonyl (C=O) groups is 1. The molecule has 2 rings (SSSR count). The van der Waals surface area contributed by atoms with Crippen molar-refractivity contribution < 1.29 is 9.90 Å². The van der Waals surface area contributed by atoms with Crippen LogP contribution in [0.1, 0.15) is 6.42 Å². The van der Waals surface area contributed by atoms with Gasteiger partial charge in [-0.2, -0.15) is 0 Å². The number of carbonyl (C=O) groups excluding carboxylic acids is 1. The van der Waals surface area contributed by atoms with Gasteiger partial charge >= 0.3 is 0 Å². The van der Waals surface area contributed by atoms with Crippen LogP contribution in [0, 0.1) is 0 Å². The van der Waals surface area contributed by atoms with Crippen LogP contribution in [0.15, 0.2) is 0 Å². The number of likely N-dealkylation sites (N-methyl/N-ethyl adjacent to an activating group) is 1. The van der Waals surface area contributed by atoms with E-state index >= 15 is 0 Å². The minimum atomic E-state index is -0.355. The second kappa shape index (κ2) is 4.47. The van der Waals surface area contributed by atoms with Crippen molar-refractivity contribution in [2.75, 3.05) is 39.8 Å². The maximum atomic E-state index is 12.0. The summed E-state index contributed by atoms with van der Waals surface area (Å²) in [4.78, 5) is 16.1. The van der Waals surface area contributed by atoms with Crippen molar-refractivity contribution in [3.8, 4) is 0 Å². The predicted octanol–water partition coefficient (Wildman–Crippen LogP) is -1.52. The predicted molar refractivity (Wildman–Crippen MR) is 56.5 cm³/mol. The summed E-state index contributed by atoms with van der Waals surface area (Å²) in [5, 5.41) is 12.4. The minimum absolute atomic E-state index is 0.152. The lowest BCUT2D eigenvalue weighted by Crippen LogP contribution is -2.52. The number of aliphatic hydroxyl groups is 1. The van der Waals surface area contributed by atoms with E-state index in [0.717, 1.165) is 26.2 Å². The first-order valence-corrected chi connectivity index (χ1v) is 5.55. The highest BCUT2D eigenvalue weighted by molar-refractivity contribution is 5.82. The van der Waals surface area contributed by atoms with Crippen molar-refractivity contribution in [3.63, 3.8) is 0 Å². The monoisotopic (exact) mass is 213 g/mol. The highest BCUT2D eigenvalue weighted by Crippen LogP contribution is 2.11. The largest absolute Gasteiger partial charge is 0.392 e. The van der Waals surface area contributed by atoms with E-state index in [1.165, 1.54) is 0 Å². The van der Waals surface area contributed by atoms with Gasteiger partial charge in [0.2, 0.25) is 5.91 Å². The number of hydrogen-bond donors (Lipinski definition) is 2. The third-order valence-electron chi connectivity index (χ3n) is 3.22. The molecular weight excluding hydrogens is 194 g/mol. The molecule has 0 aliphatic carbocycles. The first kappa shape index (κ1) is 10.9. The number of aliphatic hydroxyl groups excluding tert-OH is 1. The van der Waals surface area contributed by atoms with Crippen LogP contribution < -0.4 is 5.32 Å². The molecule has 2 fully saturated rings. The van der Waals surface area contributed by atoms with E-state index < -0.39 is 0 Å². The lowest BCUT2D eigenvalue weighted by Gasteiger charge is -2.33. The Morgan fingerprint density at radius 3 is 2.53 bits per heavy atom. The number of nitrogens with zero attached hydrogens (tertiary/aromatic N) is 2. The minimum Gasteiger partial charge on any atom is -0.392 e. The summed E-state index contributed by atoms with van der Waals surface area (Å²) in [7, 11) is 2.07. The summed E-state index contributed by atoms with van der Waals surface area (Å²) in [6, 6.07) is -0.164. The number of rotatable bonds is 1. The van der Waals surface area contributed by atoms with Gasteiger partial charge in [-0.25, -0.2) is 0 Å². The average Bonchev–Trinajstić information content (AvgIpc) is 2.65. The second-order valence-electron chi connectivity index (χ2n) is 4.48. The van der Waals surface area contributed by atoms with Crippen LogP contribution in [0.4, 0.5) is 0 Å². The van der Waals surface area contributed by atoms with Gasteiger partial charge in [0.25, 0.3) is 0 Å². The van der Waals surface area contributed by atoms with Crippen LogP contribution in [0.3, 0.4) is 0 Å². The van der Waals surface area contributed by atoms with Crippen molar-refractivity contribution in [2.24, 2.45) is 0 Å².